The predicted octanol–water partition coefficient (Wildman–Crippen LogP) is 4.02. The van der Waals surface area contributed by atoms with E-state index in [4.69, 9.17) is 0 Å². The molecular weight excluding hydrogens is 322 g/mol. The molecule has 2 aromatic rings. The van der Waals surface area contributed by atoms with E-state index in [0.717, 1.165) is 19.5 Å². The standard InChI is InChI=1S/C19H20BrN/c20-18-7-2-1-6-17(18)19(12-21-13-19)11-14-8-9-15-4-3-5-16(15)10-14/h1-2,6-10,21H,3-5,11-13H2. The van der Waals surface area contributed by atoms with Gasteiger partial charge in [-0.05, 0) is 54.0 Å². The van der Waals surface area contributed by atoms with Crippen LogP contribution in [0, 0.1) is 0 Å². The van der Waals surface area contributed by atoms with Crippen molar-refractivity contribution in [2.75, 3.05) is 13.1 Å². The molecule has 1 nitrogen and oxygen atoms in total. The normalized spacial score (nSPS) is 19.1. The molecule has 0 radical (unpaired) electrons. The van der Waals surface area contributed by atoms with Crippen molar-refractivity contribution in [2.45, 2.75) is 31.1 Å². The summed E-state index contributed by atoms with van der Waals surface area (Å²) in [7, 11) is 0. The molecule has 0 atom stereocenters. The number of rotatable bonds is 3. The van der Waals surface area contributed by atoms with E-state index in [1.807, 2.05) is 0 Å². The van der Waals surface area contributed by atoms with Crippen LogP contribution in [0.1, 0.15) is 28.7 Å². The van der Waals surface area contributed by atoms with Crippen LogP contribution in [-0.4, -0.2) is 13.1 Å². The average Bonchev–Trinajstić information content (AvgIpc) is 2.91. The molecule has 1 aliphatic heterocycles. The minimum absolute atomic E-state index is 0.257. The summed E-state index contributed by atoms with van der Waals surface area (Å²) < 4.78 is 1.24. The summed E-state index contributed by atoms with van der Waals surface area (Å²) in [5.74, 6) is 0. The number of nitrogens with one attached hydrogen (secondary N) is 1. The van der Waals surface area contributed by atoms with Gasteiger partial charge in [0, 0.05) is 23.0 Å². The fraction of sp³-hybridized carbons (Fsp3) is 0.368. The van der Waals surface area contributed by atoms with E-state index in [1.54, 1.807) is 11.1 Å². The van der Waals surface area contributed by atoms with Crippen LogP contribution in [0.2, 0.25) is 0 Å². The highest BCUT2D eigenvalue weighted by molar-refractivity contribution is 9.10. The van der Waals surface area contributed by atoms with Gasteiger partial charge in [-0.1, -0.05) is 52.3 Å². The Morgan fingerprint density at radius 2 is 1.81 bits per heavy atom. The molecule has 2 heteroatoms. The molecule has 0 spiro atoms. The van der Waals surface area contributed by atoms with Gasteiger partial charge in [0.1, 0.15) is 0 Å². The maximum atomic E-state index is 3.74. The van der Waals surface area contributed by atoms with E-state index in [2.05, 4.69) is 63.7 Å². The summed E-state index contributed by atoms with van der Waals surface area (Å²) in [5.41, 5.74) is 6.35. The van der Waals surface area contributed by atoms with Crippen molar-refractivity contribution in [3.63, 3.8) is 0 Å². The molecule has 0 saturated carbocycles. The smallest absolute Gasteiger partial charge is 0.0254 e. The summed E-state index contributed by atoms with van der Waals surface area (Å²) in [6.07, 6.45) is 5.00. The molecule has 2 aromatic carbocycles. The van der Waals surface area contributed by atoms with Crippen molar-refractivity contribution in [3.05, 3.63) is 69.2 Å². The van der Waals surface area contributed by atoms with Crippen LogP contribution in [0.25, 0.3) is 0 Å². The zero-order chi connectivity index (χ0) is 14.3. The Morgan fingerprint density at radius 1 is 1.00 bits per heavy atom. The number of halogens is 1. The Kier molecular flexibility index (Phi) is 3.39. The van der Waals surface area contributed by atoms with Crippen LogP contribution in [0.5, 0.6) is 0 Å². The van der Waals surface area contributed by atoms with Crippen LogP contribution >= 0.6 is 15.9 Å². The first-order valence-corrected chi connectivity index (χ1v) is 8.63. The van der Waals surface area contributed by atoms with Crippen LogP contribution < -0.4 is 5.32 Å². The van der Waals surface area contributed by atoms with Crippen molar-refractivity contribution in [1.29, 1.82) is 0 Å². The minimum atomic E-state index is 0.257. The van der Waals surface area contributed by atoms with Crippen molar-refractivity contribution in [3.8, 4) is 0 Å². The fourth-order valence-corrected chi connectivity index (χ4v) is 4.56. The van der Waals surface area contributed by atoms with Gasteiger partial charge in [0.25, 0.3) is 0 Å². The molecule has 4 rings (SSSR count). The van der Waals surface area contributed by atoms with Gasteiger partial charge in [0.2, 0.25) is 0 Å². The third kappa shape index (κ3) is 2.35. The first-order chi connectivity index (χ1) is 10.3. The van der Waals surface area contributed by atoms with Crippen LogP contribution in [0.4, 0.5) is 0 Å². The maximum Gasteiger partial charge on any atom is 0.0254 e. The molecule has 0 unspecified atom stereocenters. The Hall–Kier alpha value is -1.12. The molecule has 0 aromatic heterocycles. The summed E-state index contributed by atoms with van der Waals surface area (Å²) in [6.45, 7) is 2.15. The van der Waals surface area contributed by atoms with Gasteiger partial charge >= 0.3 is 0 Å². The molecule has 0 amide bonds. The van der Waals surface area contributed by atoms with E-state index >= 15 is 0 Å². The zero-order valence-electron chi connectivity index (χ0n) is 12.2. The fourth-order valence-electron chi connectivity index (χ4n) is 3.85. The molecule has 2 aliphatic rings. The Morgan fingerprint density at radius 3 is 2.57 bits per heavy atom. The number of hydrogen-bond donors (Lipinski definition) is 1. The highest BCUT2D eigenvalue weighted by atomic mass is 79.9. The number of fused-ring (bicyclic) bond motifs is 1. The van der Waals surface area contributed by atoms with Gasteiger partial charge in [0.05, 0.1) is 0 Å². The van der Waals surface area contributed by atoms with Crippen molar-refractivity contribution < 1.29 is 0 Å². The maximum absolute atomic E-state index is 3.74. The lowest BCUT2D eigenvalue weighted by molar-refractivity contribution is 0.273. The molecule has 1 saturated heterocycles. The Bertz CT molecular complexity index is 673. The van der Waals surface area contributed by atoms with Gasteiger partial charge in [-0.2, -0.15) is 0 Å². The van der Waals surface area contributed by atoms with Gasteiger partial charge in [-0.25, -0.2) is 0 Å². The minimum Gasteiger partial charge on any atom is -0.315 e. The summed E-state index contributed by atoms with van der Waals surface area (Å²) in [4.78, 5) is 0. The van der Waals surface area contributed by atoms with E-state index in [9.17, 15) is 0 Å². The first kappa shape index (κ1) is 13.5. The average molecular weight is 342 g/mol. The van der Waals surface area contributed by atoms with Gasteiger partial charge in [-0.15, -0.1) is 0 Å². The van der Waals surface area contributed by atoms with E-state index in [-0.39, 0.29) is 5.41 Å². The molecule has 21 heavy (non-hydrogen) atoms. The largest absolute Gasteiger partial charge is 0.315 e. The van der Waals surface area contributed by atoms with Crippen molar-refractivity contribution >= 4 is 15.9 Å². The van der Waals surface area contributed by atoms with E-state index < -0.39 is 0 Å². The lowest BCUT2D eigenvalue weighted by atomic mass is 9.71. The quantitative estimate of drug-likeness (QED) is 0.888. The summed E-state index contributed by atoms with van der Waals surface area (Å²) in [6, 6.07) is 15.9. The lowest BCUT2D eigenvalue weighted by Gasteiger charge is -2.44. The highest BCUT2D eigenvalue weighted by Crippen LogP contribution is 2.37. The predicted molar refractivity (Wildman–Crippen MR) is 90.9 cm³/mol. The third-order valence-electron chi connectivity index (χ3n) is 5.08. The topological polar surface area (TPSA) is 12.0 Å². The van der Waals surface area contributed by atoms with Crippen LogP contribution in [-0.2, 0) is 24.7 Å². The number of benzene rings is 2. The number of aryl methyl sites for hydroxylation is 2. The Labute approximate surface area is 134 Å². The van der Waals surface area contributed by atoms with Gasteiger partial charge < -0.3 is 5.32 Å². The SMILES string of the molecule is Brc1ccccc1C1(Cc2ccc3c(c2)CCC3)CNC1. The molecular formula is C19H20BrN. The molecule has 1 aliphatic carbocycles. The molecule has 1 N–H and O–H groups in total. The Balaban J connectivity index is 1.67. The summed E-state index contributed by atoms with van der Waals surface area (Å²) >= 11 is 3.74. The van der Waals surface area contributed by atoms with Crippen molar-refractivity contribution in [2.24, 2.45) is 0 Å². The second-order valence-corrected chi connectivity index (χ2v) is 7.35. The first-order valence-electron chi connectivity index (χ1n) is 7.83. The second kappa shape index (κ2) is 5.26. The molecule has 108 valence electrons. The van der Waals surface area contributed by atoms with E-state index in [1.165, 1.54) is 34.9 Å². The van der Waals surface area contributed by atoms with E-state index in [0.29, 0.717) is 0 Å². The van der Waals surface area contributed by atoms with Crippen LogP contribution in [0.3, 0.4) is 0 Å². The third-order valence-corrected chi connectivity index (χ3v) is 5.77. The number of hydrogen-bond acceptors (Lipinski definition) is 1. The van der Waals surface area contributed by atoms with Gasteiger partial charge in [-0.3, -0.25) is 0 Å². The highest BCUT2D eigenvalue weighted by Gasteiger charge is 2.39. The monoisotopic (exact) mass is 341 g/mol. The van der Waals surface area contributed by atoms with Crippen LogP contribution in [0.15, 0.2) is 46.9 Å². The van der Waals surface area contributed by atoms with Crippen molar-refractivity contribution in [1.82, 2.24) is 5.32 Å². The lowest BCUT2D eigenvalue weighted by Crippen LogP contribution is -2.58. The van der Waals surface area contributed by atoms with Gasteiger partial charge in [0.15, 0.2) is 0 Å². The second-order valence-electron chi connectivity index (χ2n) is 6.50. The summed E-state index contributed by atoms with van der Waals surface area (Å²) in [5, 5.41) is 3.48. The molecule has 0 bridgehead atoms. The molecule has 1 heterocycles. The molecule has 1 fully saturated rings. The zero-order valence-corrected chi connectivity index (χ0v) is 13.7.